The van der Waals surface area contributed by atoms with Crippen molar-refractivity contribution in [2.45, 2.75) is 26.7 Å². The number of carbonyl (C=O) groups excluding carboxylic acids is 1. The summed E-state index contributed by atoms with van der Waals surface area (Å²) >= 11 is 0. The fourth-order valence-electron chi connectivity index (χ4n) is 2.16. The predicted octanol–water partition coefficient (Wildman–Crippen LogP) is 0.447. The van der Waals surface area contributed by atoms with Gasteiger partial charge in [-0.2, -0.15) is 0 Å². The summed E-state index contributed by atoms with van der Waals surface area (Å²) in [4.78, 5) is 11.9. The number of methoxy groups -OCH3 is 1. The average molecular weight is 306 g/mol. The summed E-state index contributed by atoms with van der Waals surface area (Å²) in [5.74, 6) is 0.414. The van der Waals surface area contributed by atoms with Crippen molar-refractivity contribution in [3.63, 3.8) is 0 Å². The first kappa shape index (κ1) is 17.4. The molecule has 0 aromatic carbocycles. The number of sulfonamides is 1. The van der Waals surface area contributed by atoms with Crippen molar-refractivity contribution >= 4 is 15.9 Å². The van der Waals surface area contributed by atoms with Gasteiger partial charge in [-0.3, -0.25) is 4.79 Å². The molecule has 6 nitrogen and oxygen atoms in total. The lowest BCUT2D eigenvalue weighted by Gasteiger charge is -2.30. The second-order valence-electron chi connectivity index (χ2n) is 5.62. The minimum absolute atomic E-state index is 0.00765. The van der Waals surface area contributed by atoms with E-state index in [9.17, 15) is 13.2 Å². The normalized spacial score (nSPS) is 18.4. The Morgan fingerprint density at radius 3 is 2.45 bits per heavy atom. The highest BCUT2D eigenvalue weighted by Crippen LogP contribution is 2.20. The van der Waals surface area contributed by atoms with E-state index in [1.807, 2.05) is 13.8 Å². The summed E-state index contributed by atoms with van der Waals surface area (Å²) in [5, 5.41) is 2.91. The van der Waals surface area contributed by atoms with Crippen LogP contribution in [0.4, 0.5) is 0 Å². The molecular weight excluding hydrogens is 280 g/mol. The molecule has 1 aliphatic heterocycles. The molecule has 20 heavy (non-hydrogen) atoms. The third kappa shape index (κ3) is 5.38. The molecule has 7 heteroatoms. The van der Waals surface area contributed by atoms with Gasteiger partial charge in [-0.05, 0) is 18.8 Å². The molecule has 1 rings (SSSR count). The fraction of sp³-hybridized carbons (Fsp3) is 0.923. The van der Waals surface area contributed by atoms with Crippen molar-refractivity contribution in [3.8, 4) is 0 Å². The van der Waals surface area contributed by atoms with Crippen molar-refractivity contribution in [3.05, 3.63) is 0 Å². The maximum absolute atomic E-state index is 12.0. The summed E-state index contributed by atoms with van der Waals surface area (Å²) in [6.45, 7) is 5.82. The van der Waals surface area contributed by atoms with Gasteiger partial charge in [-0.1, -0.05) is 13.8 Å². The van der Waals surface area contributed by atoms with Crippen molar-refractivity contribution < 1.29 is 17.9 Å². The Balaban J connectivity index is 2.41. The van der Waals surface area contributed by atoms with Gasteiger partial charge >= 0.3 is 0 Å². The van der Waals surface area contributed by atoms with Gasteiger partial charge in [0.2, 0.25) is 15.9 Å². The van der Waals surface area contributed by atoms with Crippen LogP contribution < -0.4 is 5.32 Å². The molecule has 1 N–H and O–H groups in total. The highest BCUT2D eigenvalue weighted by Gasteiger charge is 2.30. The first-order chi connectivity index (χ1) is 9.36. The second kappa shape index (κ2) is 7.95. The number of rotatable bonds is 7. The van der Waals surface area contributed by atoms with E-state index >= 15 is 0 Å². The summed E-state index contributed by atoms with van der Waals surface area (Å²) in [7, 11) is -1.76. The van der Waals surface area contributed by atoms with Crippen LogP contribution in [0, 0.1) is 11.8 Å². The van der Waals surface area contributed by atoms with Crippen molar-refractivity contribution in [2.24, 2.45) is 11.8 Å². The maximum Gasteiger partial charge on any atom is 0.223 e. The molecule has 0 aromatic rings. The Bertz CT molecular complexity index is 401. The number of carbonyl (C=O) groups is 1. The Morgan fingerprint density at radius 2 is 1.95 bits per heavy atom. The van der Waals surface area contributed by atoms with Gasteiger partial charge in [0.25, 0.3) is 0 Å². The van der Waals surface area contributed by atoms with E-state index < -0.39 is 10.0 Å². The molecule has 0 bridgehead atoms. The van der Waals surface area contributed by atoms with Crippen molar-refractivity contribution in [1.82, 2.24) is 9.62 Å². The zero-order chi connectivity index (χ0) is 15.2. The lowest BCUT2D eigenvalue weighted by molar-refractivity contribution is -0.126. The van der Waals surface area contributed by atoms with Gasteiger partial charge in [0.15, 0.2) is 0 Å². The molecule has 0 radical (unpaired) electrons. The van der Waals surface area contributed by atoms with E-state index in [1.165, 1.54) is 11.4 Å². The van der Waals surface area contributed by atoms with E-state index in [-0.39, 0.29) is 24.2 Å². The second-order valence-corrected chi connectivity index (χ2v) is 7.71. The van der Waals surface area contributed by atoms with E-state index in [1.54, 1.807) is 0 Å². The zero-order valence-electron chi connectivity index (χ0n) is 12.6. The number of nitrogens with zero attached hydrogens (tertiary/aromatic N) is 1. The average Bonchev–Trinajstić information content (AvgIpc) is 2.42. The summed E-state index contributed by atoms with van der Waals surface area (Å²) in [6, 6.07) is 0. The minimum atomic E-state index is -3.24. The van der Waals surface area contributed by atoms with Crippen LogP contribution in [0.2, 0.25) is 0 Å². The first-order valence-electron chi connectivity index (χ1n) is 7.11. The number of ether oxygens (including phenoxy) is 1. The minimum Gasteiger partial charge on any atom is -0.384 e. The standard InChI is InChI=1S/C13H26N2O4S/c1-11(2)10-14-13(16)12-4-6-15(7-5-12)20(17,18)9-8-19-3/h11-12H,4-10H2,1-3H3,(H,14,16). The van der Waals surface area contributed by atoms with Crippen molar-refractivity contribution in [1.29, 1.82) is 0 Å². The van der Waals surface area contributed by atoms with Gasteiger partial charge < -0.3 is 10.1 Å². The van der Waals surface area contributed by atoms with Gasteiger partial charge in [0.1, 0.15) is 0 Å². The Hall–Kier alpha value is -0.660. The van der Waals surface area contributed by atoms with E-state index in [2.05, 4.69) is 5.32 Å². The Labute approximate surface area is 121 Å². The molecule has 0 aliphatic carbocycles. The van der Waals surface area contributed by atoms with Crippen LogP contribution in [0.15, 0.2) is 0 Å². The quantitative estimate of drug-likeness (QED) is 0.741. The Kier molecular flexibility index (Phi) is 6.91. The highest BCUT2D eigenvalue weighted by molar-refractivity contribution is 7.89. The largest absolute Gasteiger partial charge is 0.384 e. The summed E-state index contributed by atoms with van der Waals surface area (Å²) in [5.41, 5.74) is 0. The van der Waals surface area contributed by atoms with Crippen LogP contribution in [0.1, 0.15) is 26.7 Å². The molecule has 0 spiro atoms. The number of hydrogen-bond acceptors (Lipinski definition) is 4. The highest BCUT2D eigenvalue weighted by atomic mass is 32.2. The van der Waals surface area contributed by atoms with Gasteiger partial charge in [0, 0.05) is 32.7 Å². The molecule has 0 aromatic heterocycles. The van der Waals surface area contributed by atoms with Crippen molar-refractivity contribution in [2.75, 3.05) is 39.1 Å². The molecule has 1 aliphatic rings. The Morgan fingerprint density at radius 1 is 1.35 bits per heavy atom. The van der Waals surface area contributed by atoms with Crippen LogP contribution in [-0.2, 0) is 19.6 Å². The number of nitrogens with one attached hydrogen (secondary N) is 1. The predicted molar refractivity (Wildman–Crippen MR) is 77.8 cm³/mol. The summed E-state index contributed by atoms with van der Waals surface area (Å²) < 4.78 is 30.2. The lowest BCUT2D eigenvalue weighted by atomic mass is 9.97. The molecule has 1 amide bonds. The topological polar surface area (TPSA) is 75.7 Å². The molecule has 0 atom stereocenters. The molecule has 1 fully saturated rings. The zero-order valence-corrected chi connectivity index (χ0v) is 13.4. The van der Waals surface area contributed by atoms with E-state index in [0.29, 0.717) is 38.4 Å². The molecule has 0 saturated carbocycles. The number of amides is 1. The molecule has 1 saturated heterocycles. The van der Waals surface area contributed by atoms with Crippen LogP contribution in [0.5, 0.6) is 0 Å². The first-order valence-corrected chi connectivity index (χ1v) is 8.72. The van der Waals surface area contributed by atoms with Gasteiger partial charge in [-0.25, -0.2) is 12.7 Å². The van der Waals surface area contributed by atoms with Crippen LogP contribution in [0.25, 0.3) is 0 Å². The number of hydrogen-bond donors (Lipinski definition) is 1. The van der Waals surface area contributed by atoms with Gasteiger partial charge in [0.05, 0.1) is 12.4 Å². The monoisotopic (exact) mass is 306 g/mol. The molecule has 118 valence electrons. The molecular formula is C13H26N2O4S. The fourth-order valence-corrected chi connectivity index (χ4v) is 3.57. The maximum atomic E-state index is 12.0. The molecule has 0 unspecified atom stereocenters. The lowest BCUT2D eigenvalue weighted by Crippen LogP contribution is -2.44. The van der Waals surface area contributed by atoms with Crippen LogP contribution in [-0.4, -0.2) is 57.7 Å². The van der Waals surface area contributed by atoms with Gasteiger partial charge in [-0.15, -0.1) is 0 Å². The van der Waals surface area contributed by atoms with E-state index in [4.69, 9.17) is 4.74 Å². The van der Waals surface area contributed by atoms with E-state index in [0.717, 1.165) is 0 Å². The third-order valence-electron chi connectivity index (χ3n) is 3.45. The smallest absolute Gasteiger partial charge is 0.223 e. The number of piperidine rings is 1. The SMILES string of the molecule is COCCS(=O)(=O)N1CCC(C(=O)NCC(C)C)CC1. The van der Waals surface area contributed by atoms with Crippen LogP contribution >= 0.6 is 0 Å². The third-order valence-corrected chi connectivity index (χ3v) is 5.28. The summed E-state index contributed by atoms with van der Waals surface area (Å²) in [6.07, 6.45) is 1.19. The molecule has 1 heterocycles. The van der Waals surface area contributed by atoms with Crippen LogP contribution in [0.3, 0.4) is 0 Å².